The van der Waals surface area contributed by atoms with Crippen LogP contribution in [0.3, 0.4) is 0 Å². The summed E-state index contributed by atoms with van der Waals surface area (Å²) in [6, 6.07) is 14.0. The van der Waals surface area contributed by atoms with E-state index in [0.29, 0.717) is 18.8 Å². The molecule has 1 N–H and O–H groups in total. The van der Waals surface area contributed by atoms with Crippen molar-refractivity contribution in [2.24, 2.45) is 0 Å². The molecule has 3 rings (SSSR count). The number of fused-ring (bicyclic) bond motifs is 1. The van der Waals surface area contributed by atoms with Gasteiger partial charge in [-0.1, -0.05) is 36.4 Å². The van der Waals surface area contributed by atoms with Crippen molar-refractivity contribution >= 4 is 0 Å². The van der Waals surface area contributed by atoms with Crippen LogP contribution in [0.1, 0.15) is 41.3 Å². The molecule has 0 aliphatic carbocycles. The summed E-state index contributed by atoms with van der Waals surface area (Å²) in [6.07, 6.45) is 0. The lowest BCUT2D eigenvalue weighted by molar-refractivity contribution is 0.0791. The van der Waals surface area contributed by atoms with Crippen LogP contribution in [-0.2, 0) is 11.3 Å². The second-order valence-corrected chi connectivity index (χ2v) is 5.66. The van der Waals surface area contributed by atoms with E-state index in [0.717, 1.165) is 5.56 Å². The standard InChI is InChI=1S/C18H20FNO/c1-12-7-8-14(9-17(12)19)13(2)20-18-11-21-10-15-5-3-4-6-16(15)18/h3-9,13,18,20H,10-11H2,1-2H3. The summed E-state index contributed by atoms with van der Waals surface area (Å²) in [5, 5.41) is 3.55. The monoisotopic (exact) mass is 285 g/mol. The molecule has 2 unspecified atom stereocenters. The Morgan fingerprint density at radius 2 is 2.05 bits per heavy atom. The van der Waals surface area contributed by atoms with Crippen molar-refractivity contribution in [2.45, 2.75) is 32.5 Å². The van der Waals surface area contributed by atoms with Crippen LogP contribution in [0, 0.1) is 12.7 Å². The van der Waals surface area contributed by atoms with Crippen LogP contribution >= 0.6 is 0 Å². The van der Waals surface area contributed by atoms with Gasteiger partial charge in [-0.25, -0.2) is 4.39 Å². The lowest BCUT2D eigenvalue weighted by Gasteiger charge is -2.29. The van der Waals surface area contributed by atoms with Gasteiger partial charge in [-0.2, -0.15) is 0 Å². The lowest BCUT2D eigenvalue weighted by Crippen LogP contribution is -2.31. The molecule has 0 saturated carbocycles. The first-order valence-electron chi connectivity index (χ1n) is 7.33. The fourth-order valence-electron chi connectivity index (χ4n) is 2.80. The van der Waals surface area contributed by atoms with Gasteiger partial charge in [0.15, 0.2) is 0 Å². The summed E-state index contributed by atoms with van der Waals surface area (Å²) in [5.74, 6) is -0.151. The van der Waals surface area contributed by atoms with E-state index in [9.17, 15) is 4.39 Å². The van der Waals surface area contributed by atoms with Gasteiger partial charge in [-0.05, 0) is 42.2 Å². The Bertz CT molecular complexity index is 641. The molecule has 0 amide bonds. The first kappa shape index (κ1) is 14.2. The average Bonchev–Trinajstić information content (AvgIpc) is 2.50. The van der Waals surface area contributed by atoms with E-state index in [1.54, 1.807) is 13.0 Å². The minimum Gasteiger partial charge on any atom is -0.375 e. The molecule has 0 aromatic heterocycles. The first-order valence-corrected chi connectivity index (χ1v) is 7.33. The van der Waals surface area contributed by atoms with Crippen molar-refractivity contribution in [3.05, 3.63) is 70.5 Å². The van der Waals surface area contributed by atoms with Crippen molar-refractivity contribution in [2.75, 3.05) is 6.61 Å². The number of halogens is 1. The SMILES string of the molecule is Cc1ccc(C(C)NC2COCc3ccccc32)cc1F. The van der Waals surface area contributed by atoms with E-state index >= 15 is 0 Å². The first-order chi connectivity index (χ1) is 10.1. The third-order valence-electron chi connectivity index (χ3n) is 4.12. The van der Waals surface area contributed by atoms with Gasteiger partial charge in [0.25, 0.3) is 0 Å². The third kappa shape index (κ3) is 2.99. The third-order valence-corrected chi connectivity index (χ3v) is 4.12. The molecule has 2 aromatic carbocycles. The van der Waals surface area contributed by atoms with Gasteiger partial charge in [-0.15, -0.1) is 0 Å². The van der Waals surface area contributed by atoms with E-state index in [2.05, 4.69) is 30.4 Å². The van der Waals surface area contributed by atoms with Gasteiger partial charge in [-0.3, -0.25) is 0 Å². The van der Waals surface area contributed by atoms with Crippen molar-refractivity contribution < 1.29 is 9.13 Å². The molecule has 2 aromatic rings. The zero-order chi connectivity index (χ0) is 14.8. The molecule has 0 radical (unpaired) electrons. The smallest absolute Gasteiger partial charge is 0.126 e. The molecular weight excluding hydrogens is 265 g/mol. The number of ether oxygens (including phenoxy) is 1. The van der Waals surface area contributed by atoms with Crippen molar-refractivity contribution in [3.63, 3.8) is 0 Å². The molecule has 1 aliphatic rings. The van der Waals surface area contributed by atoms with E-state index in [4.69, 9.17) is 4.74 Å². The van der Waals surface area contributed by atoms with E-state index < -0.39 is 0 Å². The molecule has 0 fully saturated rings. The maximum absolute atomic E-state index is 13.7. The fraction of sp³-hybridized carbons (Fsp3) is 0.333. The zero-order valence-corrected chi connectivity index (χ0v) is 12.4. The van der Waals surface area contributed by atoms with Crippen LogP contribution in [-0.4, -0.2) is 6.61 Å². The van der Waals surface area contributed by atoms with Crippen LogP contribution in [0.25, 0.3) is 0 Å². The highest BCUT2D eigenvalue weighted by atomic mass is 19.1. The van der Waals surface area contributed by atoms with Crippen LogP contribution in [0.4, 0.5) is 4.39 Å². The van der Waals surface area contributed by atoms with Crippen molar-refractivity contribution in [1.82, 2.24) is 5.32 Å². The summed E-state index contributed by atoms with van der Waals surface area (Å²) >= 11 is 0. The Morgan fingerprint density at radius 1 is 1.24 bits per heavy atom. The summed E-state index contributed by atoms with van der Waals surface area (Å²) in [4.78, 5) is 0. The summed E-state index contributed by atoms with van der Waals surface area (Å²) in [6.45, 7) is 5.15. The fourth-order valence-corrected chi connectivity index (χ4v) is 2.80. The van der Waals surface area contributed by atoms with Crippen LogP contribution in [0.5, 0.6) is 0 Å². The Morgan fingerprint density at radius 3 is 2.86 bits per heavy atom. The van der Waals surface area contributed by atoms with Gasteiger partial charge in [0.05, 0.1) is 19.3 Å². The maximum Gasteiger partial charge on any atom is 0.126 e. The minimum atomic E-state index is -0.151. The molecule has 0 spiro atoms. The summed E-state index contributed by atoms with van der Waals surface area (Å²) in [7, 11) is 0. The highest BCUT2D eigenvalue weighted by Gasteiger charge is 2.22. The normalized spacial score (nSPS) is 19.1. The molecule has 110 valence electrons. The van der Waals surface area contributed by atoms with Gasteiger partial charge in [0.1, 0.15) is 5.82 Å². The van der Waals surface area contributed by atoms with Gasteiger partial charge in [0.2, 0.25) is 0 Å². The van der Waals surface area contributed by atoms with Crippen molar-refractivity contribution in [3.8, 4) is 0 Å². The molecule has 0 bridgehead atoms. The Balaban J connectivity index is 1.79. The number of nitrogens with one attached hydrogen (secondary N) is 1. The van der Waals surface area contributed by atoms with Gasteiger partial charge >= 0.3 is 0 Å². The molecule has 1 heterocycles. The predicted octanol–water partition coefficient (Wildman–Crippen LogP) is 4.06. The van der Waals surface area contributed by atoms with E-state index in [-0.39, 0.29) is 17.9 Å². The minimum absolute atomic E-state index is 0.0693. The van der Waals surface area contributed by atoms with Crippen LogP contribution in [0.2, 0.25) is 0 Å². The predicted molar refractivity (Wildman–Crippen MR) is 81.5 cm³/mol. The van der Waals surface area contributed by atoms with Crippen LogP contribution in [0.15, 0.2) is 42.5 Å². The highest BCUT2D eigenvalue weighted by molar-refractivity contribution is 5.32. The molecule has 2 nitrogen and oxygen atoms in total. The zero-order valence-electron chi connectivity index (χ0n) is 12.4. The van der Waals surface area contributed by atoms with Crippen molar-refractivity contribution in [1.29, 1.82) is 0 Å². The second kappa shape index (κ2) is 5.96. The number of aryl methyl sites for hydroxylation is 1. The second-order valence-electron chi connectivity index (χ2n) is 5.66. The van der Waals surface area contributed by atoms with Crippen LogP contribution < -0.4 is 5.32 Å². The number of hydrogen-bond acceptors (Lipinski definition) is 2. The molecule has 2 atom stereocenters. The molecule has 3 heteroatoms. The Hall–Kier alpha value is -1.71. The summed E-state index contributed by atoms with van der Waals surface area (Å²) in [5.41, 5.74) is 4.14. The van der Waals surface area contributed by atoms with Gasteiger partial charge < -0.3 is 10.1 Å². The van der Waals surface area contributed by atoms with Gasteiger partial charge in [0, 0.05) is 6.04 Å². The number of hydrogen-bond donors (Lipinski definition) is 1. The lowest BCUT2D eigenvalue weighted by atomic mass is 9.97. The highest BCUT2D eigenvalue weighted by Crippen LogP contribution is 2.27. The largest absolute Gasteiger partial charge is 0.375 e. The molecule has 21 heavy (non-hydrogen) atoms. The molecule has 1 aliphatic heterocycles. The Labute approximate surface area is 125 Å². The van der Waals surface area contributed by atoms with E-state index in [1.165, 1.54) is 11.1 Å². The molecule has 0 saturated heterocycles. The maximum atomic E-state index is 13.7. The topological polar surface area (TPSA) is 21.3 Å². The Kier molecular flexibility index (Phi) is 4.04. The quantitative estimate of drug-likeness (QED) is 0.918. The summed E-state index contributed by atoms with van der Waals surface area (Å²) < 4.78 is 19.4. The molecular formula is C18H20FNO. The number of benzene rings is 2. The average molecular weight is 285 g/mol. The number of rotatable bonds is 3. The van der Waals surface area contributed by atoms with E-state index in [1.807, 2.05) is 18.2 Å².